The van der Waals surface area contributed by atoms with Crippen molar-refractivity contribution in [2.45, 2.75) is 20.3 Å². The van der Waals surface area contributed by atoms with Gasteiger partial charge in [0, 0.05) is 50.8 Å². The van der Waals surface area contributed by atoms with Gasteiger partial charge in [0.15, 0.2) is 5.13 Å². The minimum atomic E-state index is -0.348. The van der Waals surface area contributed by atoms with E-state index < -0.39 is 0 Å². The largest absolute Gasteiger partial charge is 0.383 e. The van der Waals surface area contributed by atoms with Crippen LogP contribution in [0.4, 0.5) is 5.13 Å². The van der Waals surface area contributed by atoms with Crippen LogP contribution in [0.5, 0.6) is 0 Å². The summed E-state index contributed by atoms with van der Waals surface area (Å²) >= 11 is 1.27. The molecule has 0 spiro atoms. The van der Waals surface area contributed by atoms with Crippen molar-refractivity contribution >= 4 is 34.2 Å². The number of hydrogen-bond donors (Lipinski definition) is 1. The van der Waals surface area contributed by atoms with Gasteiger partial charge in [-0.3, -0.25) is 14.4 Å². The molecule has 10 heteroatoms. The van der Waals surface area contributed by atoms with Crippen LogP contribution in [0.3, 0.4) is 0 Å². The van der Waals surface area contributed by atoms with Gasteiger partial charge in [-0.25, -0.2) is 4.98 Å². The Morgan fingerprint density at radius 1 is 1.15 bits per heavy atom. The van der Waals surface area contributed by atoms with E-state index in [4.69, 9.17) is 4.74 Å². The lowest BCUT2D eigenvalue weighted by Gasteiger charge is -2.34. The van der Waals surface area contributed by atoms with Crippen LogP contribution >= 0.6 is 11.3 Å². The molecule has 0 aliphatic carbocycles. The molecule has 1 N–H and O–H groups in total. The van der Waals surface area contributed by atoms with Gasteiger partial charge in [-0.15, -0.1) is 11.3 Å². The van der Waals surface area contributed by atoms with Crippen molar-refractivity contribution in [2.75, 3.05) is 64.8 Å². The van der Waals surface area contributed by atoms with Crippen molar-refractivity contribution < 1.29 is 19.1 Å². The number of nitrogens with one attached hydrogen (secondary N) is 1. The van der Waals surface area contributed by atoms with Gasteiger partial charge in [0.2, 0.25) is 11.8 Å². The van der Waals surface area contributed by atoms with Gasteiger partial charge in [0.1, 0.15) is 6.54 Å². The number of methoxy groups -OCH3 is 1. The number of amides is 3. The van der Waals surface area contributed by atoms with E-state index in [9.17, 15) is 14.4 Å². The van der Waals surface area contributed by atoms with Crippen LogP contribution in [0.25, 0.3) is 0 Å². The number of nitrogens with zero attached hydrogens (tertiary/aromatic N) is 4. The van der Waals surface area contributed by atoms with Gasteiger partial charge in [0.25, 0.3) is 5.91 Å². The van der Waals surface area contributed by atoms with Crippen LogP contribution in [-0.2, 0) is 20.7 Å². The van der Waals surface area contributed by atoms with Crippen molar-refractivity contribution in [1.29, 1.82) is 0 Å². The predicted octanol–water partition coefficient (Wildman–Crippen LogP) is 1.89. The minimum Gasteiger partial charge on any atom is -0.383 e. The third-order valence-electron chi connectivity index (χ3n) is 5.79. The molecular weight excluding hydrogens is 454 g/mol. The molecule has 0 radical (unpaired) electrons. The Kier molecular flexibility index (Phi) is 9.55. The average Bonchev–Trinajstić information content (AvgIpc) is 3.28. The molecule has 0 bridgehead atoms. The molecule has 1 aromatic carbocycles. The fourth-order valence-electron chi connectivity index (χ4n) is 3.69. The zero-order valence-electron chi connectivity index (χ0n) is 20.1. The third kappa shape index (κ3) is 7.34. The summed E-state index contributed by atoms with van der Waals surface area (Å²) in [7, 11) is 1.55. The first kappa shape index (κ1) is 25.8. The summed E-state index contributed by atoms with van der Waals surface area (Å²) in [5.74, 6) is -0.534. The number of anilines is 1. The van der Waals surface area contributed by atoms with E-state index in [-0.39, 0.29) is 30.7 Å². The quantitative estimate of drug-likeness (QED) is 0.550. The molecule has 2 heterocycles. The molecular formula is C24H33N5O4S. The van der Waals surface area contributed by atoms with Crippen LogP contribution in [0.15, 0.2) is 29.6 Å². The smallest absolute Gasteiger partial charge is 0.254 e. The number of likely N-dealkylation sites (N-methyl/N-ethyl adjacent to an activating group) is 1. The molecule has 0 unspecified atom stereocenters. The maximum atomic E-state index is 12.9. The summed E-state index contributed by atoms with van der Waals surface area (Å²) < 4.78 is 5.11. The second-order valence-corrected chi connectivity index (χ2v) is 9.13. The SMILES string of the molecule is CCN1CCN(C(=O)Cc2csc(NC(=O)CN(CCOC)C(=O)c3ccc(C)cc3)n2)CC1. The zero-order chi connectivity index (χ0) is 24.5. The highest BCUT2D eigenvalue weighted by molar-refractivity contribution is 7.13. The third-order valence-corrected chi connectivity index (χ3v) is 6.59. The Labute approximate surface area is 204 Å². The lowest BCUT2D eigenvalue weighted by molar-refractivity contribution is -0.132. The molecule has 1 aliphatic rings. The lowest BCUT2D eigenvalue weighted by Crippen LogP contribution is -2.48. The molecule has 184 valence electrons. The molecule has 0 saturated carbocycles. The summed E-state index contributed by atoms with van der Waals surface area (Å²) in [6, 6.07) is 7.23. The Balaban J connectivity index is 1.54. The Bertz CT molecular complexity index is 970. The molecule has 1 aliphatic heterocycles. The molecule has 0 atom stereocenters. The van der Waals surface area contributed by atoms with Crippen LogP contribution in [0.2, 0.25) is 0 Å². The average molecular weight is 488 g/mol. The number of ether oxygens (including phenoxy) is 1. The van der Waals surface area contributed by atoms with E-state index >= 15 is 0 Å². The van der Waals surface area contributed by atoms with E-state index in [1.807, 2.05) is 24.0 Å². The van der Waals surface area contributed by atoms with Crippen LogP contribution in [-0.4, -0.2) is 96.9 Å². The number of hydrogen-bond acceptors (Lipinski definition) is 7. The van der Waals surface area contributed by atoms with Crippen LogP contribution < -0.4 is 5.32 Å². The van der Waals surface area contributed by atoms with Crippen LogP contribution in [0.1, 0.15) is 28.5 Å². The maximum Gasteiger partial charge on any atom is 0.254 e. The maximum absolute atomic E-state index is 12.9. The standard InChI is InChI=1S/C24H33N5O4S/c1-4-27-9-11-28(12-10-27)22(31)15-20-17-34-24(25-20)26-21(30)16-29(13-14-33-3)23(32)19-7-5-18(2)6-8-19/h5-8,17H,4,9-16H2,1-3H3,(H,25,26,30). The minimum absolute atomic E-state index is 0.0494. The van der Waals surface area contributed by atoms with Gasteiger partial charge < -0.3 is 24.8 Å². The molecule has 34 heavy (non-hydrogen) atoms. The van der Waals surface area contributed by atoms with E-state index in [0.717, 1.165) is 38.3 Å². The van der Waals surface area contributed by atoms with Gasteiger partial charge >= 0.3 is 0 Å². The zero-order valence-corrected chi connectivity index (χ0v) is 20.9. The number of piperazine rings is 1. The first-order valence-corrected chi connectivity index (χ1v) is 12.4. The Morgan fingerprint density at radius 3 is 2.50 bits per heavy atom. The first-order chi connectivity index (χ1) is 16.4. The van der Waals surface area contributed by atoms with Crippen molar-refractivity contribution in [3.05, 3.63) is 46.5 Å². The summed E-state index contributed by atoms with van der Waals surface area (Å²) in [4.78, 5) is 48.2. The van der Waals surface area contributed by atoms with Crippen molar-refractivity contribution in [1.82, 2.24) is 19.7 Å². The van der Waals surface area contributed by atoms with Gasteiger partial charge in [-0.2, -0.15) is 0 Å². The highest BCUT2D eigenvalue weighted by Crippen LogP contribution is 2.17. The van der Waals surface area contributed by atoms with E-state index in [0.29, 0.717) is 29.5 Å². The van der Waals surface area contributed by atoms with Crippen LogP contribution in [0, 0.1) is 6.92 Å². The fraction of sp³-hybridized carbons (Fsp3) is 0.500. The summed E-state index contributed by atoms with van der Waals surface area (Å²) in [5.41, 5.74) is 2.21. The second-order valence-electron chi connectivity index (χ2n) is 8.27. The van der Waals surface area contributed by atoms with E-state index in [1.54, 1.807) is 24.6 Å². The normalized spacial score (nSPS) is 14.1. The summed E-state index contributed by atoms with van der Waals surface area (Å²) in [6.07, 6.45) is 0.213. The second kappa shape index (κ2) is 12.6. The topological polar surface area (TPSA) is 95.1 Å². The highest BCUT2D eigenvalue weighted by atomic mass is 32.1. The molecule has 9 nitrogen and oxygen atoms in total. The molecule has 3 amide bonds. The number of rotatable bonds is 10. The van der Waals surface area contributed by atoms with Gasteiger partial charge in [-0.1, -0.05) is 24.6 Å². The molecule has 1 saturated heterocycles. The van der Waals surface area contributed by atoms with Gasteiger partial charge in [0.05, 0.1) is 18.7 Å². The molecule has 2 aromatic rings. The number of benzene rings is 1. The number of carbonyl (C=O) groups excluding carboxylic acids is 3. The lowest BCUT2D eigenvalue weighted by atomic mass is 10.1. The first-order valence-electron chi connectivity index (χ1n) is 11.5. The Hall–Kier alpha value is -2.82. The number of aromatic nitrogens is 1. The van der Waals surface area contributed by atoms with Crippen molar-refractivity contribution in [2.24, 2.45) is 0 Å². The summed E-state index contributed by atoms with van der Waals surface area (Å²) in [5, 5.41) is 4.96. The van der Waals surface area contributed by atoms with E-state index in [2.05, 4.69) is 22.1 Å². The predicted molar refractivity (Wildman–Crippen MR) is 132 cm³/mol. The molecule has 1 fully saturated rings. The Morgan fingerprint density at radius 2 is 1.85 bits per heavy atom. The van der Waals surface area contributed by atoms with Gasteiger partial charge in [-0.05, 0) is 25.6 Å². The molecule has 3 rings (SSSR count). The van der Waals surface area contributed by atoms with Crippen molar-refractivity contribution in [3.8, 4) is 0 Å². The van der Waals surface area contributed by atoms with E-state index in [1.165, 1.54) is 16.2 Å². The highest BCUT2D eigenvalue weighted by Gasteiger charge is 2.22. The number of carbonyl (C=O) groups is 3. The fourth-order valence-corrected chi connectivity index (χ4v) is 4.42. The summed E-state index contributed by atoms with van der Waals surface area (Å²) in [6.45, 7) is 8.80. The number of thiazole rings is 1. The number of aryl methyl sites for hydroxylation is 1. The van der Waals surface area contributed by atoms with Crippen molar-refractivity contribution in [3.63, 3.8) is 0 Å². The monoisotopic (exact) mass is 487 g/mol. The molecule has 1 aromatic heterocycles.